The highest BCUT2D eigenvalue weighted by molar-refractivity contribution is 6.01. The second-order valence-electron chi connectivity index (χ2n) is 5.37. The summed E-state index contributed by atoms with van der Waals surface area (Å²) >= 11 is 0. The van der Waals surface area contributed by atoms with Crippen LogP contribution < -0.4 is 0 Å². The SMILES string of the molecule is CCC(C)(C)Cn1cnc2cccc(C(=O)O)c21. The summed E-state index contributed by atoms with van der Waals surface area (Å²) in [5, 5.41) is 9.24. The third-order valence-corrected chi connectivity index (χ3v) is 3.42. The van der Waals surface area contributed by atoms with Crippen molar-refractivity contribution in [2.24, 2.45) is 5.41 Å². The lowest BCUT2D eigenvalue weighted by Crippen LogP contribution is -2.18. The van der Waals surface area contributed by atoms with Crippen molar-refractivity contribution < 1.29 is 9.90 Å². The summed E-state index contributed by atoms with van der Waals surface area (Å²) < 4.78 is 1.95. The minimum Gasteiger partial charge on any atom is -0.478 e. The number of hydrogen-bond donors (Lipinski definition) is 1. The fourth-order valence-corrected chi connectivity index (χ4v) is 1.99. The number of fused-ring (bicyclic) bond motifs is 1. The topological polar surface area (TPSA) is 55.1 Å². The van der Waals surface area contributed by atoms with Gasteiger partial charge in [0.2, 0.25) is 0 Å². The van der Waals surface area contributed by atoms with Crippen LogP contribution in [0.15, 0.2) is 24.5 Å². The van der Waals surface area contributed by atoms with Gasteiger partial charge in [0.15, 0.2) is 0 Å². The maximum Gasteiger partial charge on any atom is 0.337 e. The van der Waals surface area contributed by atoms with Gasteiger partial charge in [-0.15, -0.1) is 0 Å². The molecule has 0 unspecified atom stereocenters. The fraction of sp³-hybridized carbons (Fsp3) is 0.429. The van der Waals surface area contributed by atoms with Gasteiger partial charge < -0.3 is 9.67 Å². The van der Waals surface area contributed by atoms with Crippen LogP contribution in [0.5, 0.6) is 0 Å². The van der Waals surface area contributed by atoms with Crippen LogP contribution in [0.1, 0.15) is 37.6 Å². The highest BCUT2D eigenvalue weighted by Gasteiger charge is 2.19. The van der Waals surface area contributed by atoms with Crippen LogP contribution in [0.25, 0.3) is 11.0 Å². The summed E-state index contributed by atoms with van der Waals surface area (Å²) in [5.74, 6) is -0.906. The third kappa shape index (κ3) is 2.23. The molecule has 0 atom stereocenters. The van der Waals surface area contributed by atoms with Crippen LogP contribution in [-0.4, -0.2) is 20.6 Å². The zero-order valence-electron chi connectivity index (χ0n) is 11.0. The summed E-state index contributed by atoms with van der Waals surface area (Å²) in [7, 11) is 0. The molecule has 0 aliphatic heterocycles. The van der Waals surface area contributed by atoms with Gasteiger partial charge in [-0.1, -0.05) is 26.8 Å². The Balaban J connectivity index is 2.55. The molecule has 0 saturated heterocycles. The molecule has 0 spiro atoms. The zero-order valence-corrected chi connectivity index (χ0v) is 11.0. The third-order valence-electron chi connectivity index (χ3n) is 3.42. The van der Waals surface area contributed by atoms with Crippen molar-refractivity contribution in [2.75, 3.05) is 0 Å². The van der Waals surface area contributed by atoms with E-state index >= 15 is 0 Å². The van der Waals surface area contributed by atoms with Gasteiger partial charge in [-0.2, -0.15) is 0 Å². The number of hydrogen-bond acceptors (Lipinski definition) is 2. The number of carbonyl (C=O) groups is 1. The van der Waals surface area contributed by atoms with E-state index in [9.17, 15) is 9.90 Å². The summed E-state index contributed by atoms with van der Waals surface area (Å²) in [5.41, 5.74) is 1.89. The molecule has 2 rings (SSSR count). The molecule has 2 aromatic rings. The number of carboxylic acids is 1. The summed E-state index contributed by atoms with van der Waals surface area (Å²) in [6, 6.07) is 5.20. The average Bonchev–Trinajstić information content (AvgIpc) is 2.72. The van der Waals surface area contributed by atoms with Gasteiger partial charge in [0.1, 0.15) is 0 Å². The van der Waals surface area contributed by atoms with Crippen LogP contribution in [0.2, 0.25) is 0 Å². The van der Waals surface area contributed by atoms with Crippen molar-refractivity contribution in [3.63, 3.8) is 0 Å². The molecule has 0 aliphatic rings. The number of nitrogens with zero attached hydrogens (tertiary/aromatic N) is 2. The van der Waals surface area contributed by atoms with Crippen LogP contribution in [0.4, 0.5) is 0 Å². The normalized spacial score (nSPS) is 11.9. The number of imidazole rings is 1. The van der Waals surface area contributed by atoms with Gasteiger partial charge in [-0.3, -0.25) is 0 Å². The number of rotatable bonds is 4. The monoisotopic (exact) mass is 246 g/mol. The zero-order chi connectivity index (χ0) is 13.3. The molecule has 1 heterocycles. The van der Waals surface area contributed by atoms with Crippen molar-refractivity contribution in [1.82, 2.24) is 9.55 Å². The predicted octanol–water partition coefficient (Wildman–Crippen LogP) is 3.17. The van der Waals surface area contributed by atoms with E-state index in [0.29, 0.717) is 11.1 Å². The quantitative estimate of drug-likeness (QED) is 0.901. The van der Waals surface area contributed by atoms with Gasteiger partial charge in [-0.25, -0.2) is 9.78 Å². The summed E-state index contributed by atoms with van der Waals surface area (Å²) in [4.78, 5) is 15.5. The lowest BCUT2D eigenvalue weighted by molar-refractivity contribution is 0.0698. The van der Waals surface area contributed by atoms with Crippen LogP contribution >= 0.6 is 0 Å². The van der Waals surface area contributed by atoms with E-state index in [1.54, 1.807) is 18.5 Å². The Morgan fingerprint density at radius 2 is 2.17 bits per heavy atom. The standard InChI is InChI=1S/C14H18N2O2/c1-4-14(2,3)8-16-9-15-11-7-5-6-10(12(11)16)13(17)18/h5-7,9H,4,8H2,1-3H3,(H,17,18). The molecule has 1 aromatic carbocycles. The lowest BCUT2D eigenvalue weighted by Gasteiger charge is -2.23. The first kappa shape index (κ1) is 12.6. The first-order chi connectivity index (χ1) is 8.44. The minimum absolute atomic E-state index is 0.124. The molecule has 1 N–H and O–H groups in total. The number of para-hydroxylation sites is 1. The van der Waals surface area contributed by atoms with Gasteiger partial charge in [0.05, 0.1) is 22.9 Å². The number of aromatic carboxylic acids is 1. The number of benzene rings is 1. The van der Waals surface area contributed by atoms with E-state index < -0.39 is 5.97 Å². The lowest BCUT2D eigenvalue weighted by atomic mass is 9.90. The fourth-order valence-electron chi connectivity index (χ4n) is 1.99. The van der Waals surface area contributed by atoms with E-state index in [-0.39, 0.29) is 5.41 Å². The maximum absolute atomic E-state index is 11.3. The van der Waals surface area contributed by atoms with Crippen molar-refractivity contribution in [2.45, 2.75) is 33.7 Å². The Kier molecular flexibility index (Phi) is 3.11. The van der Waals surface area contributed by atoms with Crippen LogP contribution in [-0.2, 0) is 6.54 Å². The number of aromatic nitrogens is 2. The molecule has 0 aliphatic carbocycles. The molecule has 96 valence electrons. The Labute approximate surface area is 106 Å². The Morgan fingerprint density at radius 1 is 1.44 bits per heavy atom. The molecule has 0 radical (unpaired) electrons. The maximum atomic E-state index is 11.3. The van der Waals surface area contributed by atoms with Crippen molar-refractivity contribution >= 4 is 17.0 Å². The largest absolute Gasteiger partial charge is 0.478 e. The Morgan fingerprint density at radius 3 is 2.78 bits per heavy atom. The van der Waals surface area contributed by atoms with Crippen LogP contribution in [0, 0.1) is 5.41 Å². The highest BCUT2D eigenvalue weighted by atomic mass is 16.4. The average molecular weight is 246 g/mol. The second-order valence-corrected chi connectivity index (χ2v) is 5.37. The van der Waals surface area contributed by atoms with Gasteiger partial charge in [0, 0.05) is 6.54 Å². The minimum atomic E-state index is -0.906. The van der Waals surface area contributed by atoms with Crippen LogP contribution in [0.3, 0.4) is 0 Å². The van der Waals surface area contributed by atoms with Gasteiger partial charge in [0.25, 0.3) is 0 Å². The molecule has 1 aromatic heterocycles. The number of carboxylic acid groups (broad SMARTS) is 1. The Hall–Kier alpha value is -1.84. The first-order valence-corrected chi connectivity index (χ1v) is 6.12. The smallest absolute Gasteiger partial charge is 0.337 e. The first-order valence-electron chi connectivity index (χ1n) is 6.12. The van der Waals surface area contributed by atoms with Crippen molar-refractivity contribution in [3.8, 4) is 0 Å². The molecule has 4 heteroatoms. The van der Waals surface area contributed by atoms with E-state index in [4.69, 9.17) is 0 Å². The van der Waals surface area contributed by atoms with E-state index in [1.807, 2.05) is 10.6 Å². The molecule has 18 heavy (non-hydrogen) atoms. The highest BCUT2D eigenvalue weighted by Crippen LogP contribution is 2.26. The van der Waals surface area contributed by atoms with E-state index in [2.05, 4.69) is 25.8 Å². The predicted molar refractivity (Wildman–Crippen MR) is 70.8 cm³/mol. The molecule has 0 fully saturated rings. The molecular weight excluding hydrogens is 228 g/mol. The van der Waals surface area contributed by atoms with Crippen molar-refractivity contribution in [3.05, 3.63) is 30.1 Å². The molecule has 0 bridgehead atoms. The summed E-state index contributed by atoms with van der Waals surface area (Å²) in [6.07, 6.45) is 2.76. The molecule has 4 nitrogen and oxygen atoms in total. The van der Waals surface area contributed by atoms with Gasteiger partial charge in [-0.05, 0) is 24.0 Å². The second kappa shape index (κ2) is 4.44. The molecular formula is C14H18N2O2. The van der Waals surface area contributed by atoms with E-state index in [1.165, 1.54) is 0 Å². The Bertz CT molecular complexity index is 584. The van der Waals surface area contributed by atoms with E-state index in [0.717, 1.165) is 18.5 Å². The molecule has 0 amide bonds. The van der Waals surface area contributed by atoms with Crippen molar-refractivity contribution in [1.29, 1.82) is 0 Å². The molecule has 0 saturated carbocycles. The summed E-state index contributed by atoms with van der Waals surface area (Å²) in [6.45, 7) is 7.24. The van der Waals surface area contributed by atoms with Gasteiger partial charge >= 0.3 is 5.97 Å².